The average Bonchev–Trinajstić information content (AvgIpc) is 3.22. The number of pyridine rings is 1. The predicted molar refractivity (Wildman–Crippen MR) is 112 cm³/mol. The molecular weight excluding hydrogens is 385 g/mol. The lowest BCUT2D eigenvalue weighted by Gasteiger charge is -2.14. The number of benzene rings is 1. The summed E-state index contributed by atoms with van der Waals surface area (Å²) in [5.74, 6) is 1.07. The zero-order valence-electron chi connectivity index (χ0n) is 14.7. The Labute approximate surface area is 170 Å². The topological polar surface area (TPSA) is 85.8 Å². The molecule has 0 saturated heterocycles. The van der Waals surface area contributed by atoms with Crippen LogP contribution in [-0.2, 0) is 4.79 Å². The van der Waals surface area contributed by atoms with Crippen LogP contribution < -0.4 is 11.1 Å². The van der Waals surface area contributed by atoms with Crippen molar-refractivity contribution < 1.29 is 4.79 Å². The minimum atomic E-state index is 0. The molecule has 8 heteroatoms. The molecule has 0 unspecified atom stereocenters. The van der Waals surface area contributed by atoms with Gasteiger partial charge < -0.3 is 11.1 Å². The van der Waals surface area contributed by atoms with Crippen LogP contribution in [0, 0.1) is 5.92 Å². The number of amides is 1. The quantitative estimate of drug-likeness (QED) is 0.689. The summed E-state index contributed by atoms with van der Waals surface area (Å²) in [7, 11) is 0. The Balaban J connectivity index is 0.00000131. The van der Waals surface area contributed by atoms with Gasteiger partial charge in [0.1, 0.15) is 12.1 Å². The number of rotatable bonds is 4. The van der Waals surface area contributed by atoms with E-state index in [9.17, 15) is 4.79 Å². The number of imidazole rings is 1. The molecular formula is C19H23Cl2N5O. The van der Waals surface area contributed by atoms with Crippen molar-refractivity contribution >= 4 is 47.4 Å². The molecule has 27 heavy (non-hydrogen) atoms. The van der Waals surface area contributed by atoms with E-state index in [1.165, 1.54) is 0 Å². The van der Waals surface area contributed by atoms with E-state index in [1.54, 1.807) is 12.5 Å². The van der Waals surface area contributed by atoms with E-state index in [4.69, 9.17) is 5.73 Å². The summed E-state index contributed by atoms with van der Waals surface area (Å²) in [5.41, 5.74) is 8.67. The number of carbonyl (C=O) groups is 1. The fourth-order valence-corrected chi connectivity index (χ4v) is 3.51. The van der Waals surface area contributed by atoms with Crippen LogP contribution in [0.25, 0.3) is 16.9 Å². The molecule has 2 heterocycles. The molecule has 144 valence electrons. The third-order valence-corrected chi connectivity index (χ3v) is 4.90. The number of anilines is 1. The Morgan fingerprint density at radius 1 is 1.15 bits per heavy atom. The van der Waals surface area contributed by atoms with Gasteiger partial charge in [0.25, 0.3) is 0 Å². The van der Waals surface area contributed by atoms with E-state index in [2.05, 4.69) is 15.3 Å². The first-order valence-electron chi connectivity index (χ1n) is 8.64. The minimum Gasteiger partial charge on any atom is -0.327 e. The maximum absolute atomic E-state index is 12.2. The maximum atomic E-state index is 12.2. The van der Waals surface area contributed by atoms with Crippen LogP contribution >= 0.6 is 24.8 Å². The molecule has 0 spiro atoms. The Morgan fingerprint density at radius 3 is 2.67 bits per heavy atom. The highest BCUT2D eigenvalue weighted by atomic mass is 35.5. The fraction of sp³-hybridized carbons (Fsp3) is 0.316. The van der Waals surface area contributed by atoms with Crippen LogP contribution in [0.3, 0.4) is 0 Å². The predicted octanol–water partition coefficient (Wildman–Crippen LogP) is 3.72. The SMILES string of the molecule is Cl.Cl.N[C@@H]1CCC[C@H]1CC(=O)Nc1ccc(-n2cnc3ccccc32)nc1. The molecule has 6 nitrogen and oxygen atoms in total. The lowest BCUT2D eigenvalue weighted by molar-refractivity contribution is -0.117. The van der Waals surface area contributed by atoms with Crippen molar-refractivity contribution in [3.63, 3.8) is 0 Å². The summed E-state index contributed by atoms with van der Waals surface area (Å²) in [5, 5.41) is 2.92. The van der Waals surface area contributed by atoms with E-state index < -0.39 is 0 Å². The van der Waals surface area contributed by atoms with E-state index in [0.29, 0.717) is 18.0 Å². The third kappa shape index (κ3) is 4.58. The van der Waals surface area contributed by atoms with Crippen molar-refractivity contribution in [2.45, 2.75) is 31.7 Å². The van der Waals surface area contributed by atoms with Gasteiger partial charge in [-0.05, 0) is 43.0 Å². The smallest absolute Gasteiger partial charge is 0.224 e. The molecule has 1 amide bonds. The number of hydrogen-bond donors (Lipinski definition) is 2. The normalized spacial score (nSPS) is 18.6. The Morgan fingerprint density at radius 2 is 1.96 bits per heavy atom. The lowest BCUT2D eigenvalue weighted by atomic mass is 10.00. The van der Waals surface area contributed by atoms with Crippen molar-refractivity contribution in [1.29, 1.82) is 0 Å². The molecule has 0 bridgehead atoms. The number of aromatic nitrogens is 3. The first kappa shape index (κ1) is 21.2. The molecule has 0 radical (unpaired) electrons. The molecule has 3 aromatic rings. The lowest BCUT2D eigenvalue weighted by Crippen LogP contribution is -2.28. The van der Waals surface area contributed by atoms with Crippen LogP contribution in [0.5, 0.6) is 0 Å². The zero-order valence-corrected chi connectivity index (χ0v) is 16.4. The van der Waals surface area contributed by atoms with E-state index in [1.807, 2.05) is 41.0 Å². The summed E-state index contributed by atoms with van der Waals surface area (Å²) < 4.78 is 1.93. The Bertz CT molecular complexity index is 897. The van der Waals surface area contributed by atoms with Gasteiger partial charge in [-0.1, -0.05) is 18.6 Å². The third-order valence-electron chi connectivity index (χ3n) is 4.90. The van der Waals surface area contributed by atoms with Gasteiger partial charge in [-0.3, -0.25) is 9.36 Å². The second-order valence-corrected chi connectivity index (χ2v) is 6.62. The number of fused-ring (bicyclic) bond motifs is 1. The average molecular weight is 408 g/mol. The molecule has 1 aliphatic carbocycles. The molecule has 1 aliphatic rings. The fourth-order valence-electron chi connectivity index (χ4n) is 3.51. The van der Waals surface area contributed by atoms with E-state index >= 15 is 0 Å². The molecule has 1 fully saturated rings. The van der Waals surface area contributed by atoms with Gasteiger partial charge in [-0.15, -0.1) is 24.8 Å². The zero-order chi connectivity index (χ0) is 17.2. The molecule has 0 aliphatic heterocycles. The highest BCUT2D eigenvalue weighted by molar-refractivity contribution is 5.90. The first-order valence-corrected chi connectivity index (χ1v) is 8.64. The van der Waals surface area contributed by atoms with Gasteiger partial charge in [0, 0.05) is 12.5 Å². The highest BCUT2D eigenvalue weighted by Gasteiger charge is 2.26. The minimum absolute atomic E-state index is 0. The van der Waals surface area contributed by atoms with Crippen molar-refractivity contribution in [1.82, 2.24) is 14.5 Å². The van der Waals surface area contributed by atoms with Crippen molar-refractivity contribution in [2.24, 2.45) is 11.7 Å². The highest BCUT2D eigenvalue weighted by Crippen LogP contribution is 2.27. The van der Waals surface area contributed by atoms with Gasteiger partial charge in [-0.25, -0.2) is 9.97 Å². The van der Waals surface area contributed by atoms with E-state index in [0.717, 1.165) is 36.1 Å². The monoisotopic (exact) mass is 407 g/mol. The van der Waals surface area contributed by atoms with Crippen LogP contribution in [0.15, 0.2) is 48.9 Å². The number of nitrogens with one attached hydrogen (secondary N) is 1. The van der Waals surface area contributed by atoms with Crippen LogP contribution in [0.1, 0.15) is 25.7 Å². The largest absolute Gasteiger partial charge is 0.327 e. The van der Waals surface area contributed by atoms with Gasteiger partial charge in [0.05, 0.1) is 22.9 Å². The standard InChI is InChI=1S/C19H21N5O.2ClH/c20-15-5-3-4-13(15)10-19(25)23-14-8-9-18(21-11-14)24-12-22-16-6-1-2-7-17(16)24;;/h1-2,6-9,11-13,15H,3-5,10,20H2,(H,23,25);2*1H/t13-,15+;;/m0../s1. The molecule has 4 rings (SSSR count). The number of carbonyl (C=O) groups excluding carboxylic acids is 1. The van der Waals surface area contributed by atoms with Crippen molar-refractivity contribution in [3.8, 4) is 5.82 Å². The van der Waals surface area contributed by atoms with Gasteiger partial charge in [0.15, 0.2) is 0 Å². The maximum Gasteiger partial charge on any atom is 0.224 e. The number of halogens is 2. The summed E-state index contributed by atoms with van der Waals surface area (Å²) in [6.07, 6.45) is 7.10. The van der Waals surface area contributed by atoms with Crippen molar-refractivity contribution in [3.05, 3.63) is 48.9 Å². The molecule has 2 aromatic heterocycles. The number of para-hydroxylation sites is 2. The van der Waals surface area contributed by atoms with Gasteiger partial charge in [0.2, 0.25) is 5.91 Å². The van der Waals surface area contributed by atoms with Crippen LogP contribution in [0.4, 0.5) is 5.69 Å². The van der Waals surface area contributed by atoms with E-state index in [-0.39, 0.29) is 36.8 Å². The molecule has 1 saturated carbocycles. The Hall–Kier alpha value is -2.15. The van der Waals surface area contributed by atoms with Crippen molar-refractivity contribution in [2.75, 3.05) is 5.32 Å². The van der Waals surface area contributed by atoms with Crippen LogP contribution in [0.2, 0.25) is 0 Å². The summed E-state index contributed by atoms with van der Waals surface area (Å²) in [6, 6.07) is 11.8. The summed E-state index contributed by atoms with van der Waals surface area (Å²) >= 11 is 0. The summed E-state index contributed by atoms with van der Waals surface area (Å²) in [6.45, 7) is 0. The van der Waals surface area contributed by atoms with Gasteiger partial charge >= 0.3 is 0 Å². The number of nitrogens with zero attached hydrogens (tertiary/aromatic N) is 3. The first-order chi connectivity index (χ1) is 12.2. The number of nitrogens with two attached hydrogens (primary N) is 1. The van der Waals surface area contributed by atoms with Gasteiger partial charge in [-0.2, -0.15) is 0 Å². The second kappa shape index (κ2) is 9.17. The second-order valence-electron chi connectivity index (χ2n) is 6.62. The summed E-state index contributed by atoms with van der Waals surface area (Å²) in [4.78, 5) is 21.0. The molecule has 1 aromatic carbocycles. The van der Waals surface area contributed by atoms with Crippen LogP contribution in [-0.4, -0.2) is 26.5 Å². The Kier molecular flexibility index (Phi) is 7.18. The molecule has 2 atom stereocenters. The number of hydrogen-bond acceptors (Lipinski definition) is 4. The molecule has 3 N–H and O–H groups in total.